The number of fused-ring (bicyclic) bond motifs is 1. The number of pyridine rings is 1. The molecule has 6 nitrogen and oxygen atoms in total. The van der Waals surface area contributed by atoms with Crippen molar-refractivity contribution in [3.63, 3.8) is 0 Å². The lowest BCUT2D eigenvalue weighted by molar-refractivity contribution is -0.142. The number of aromatic nitrogens is 1. The highest BCUT2D eigenvalue weighted by atomic mass is 19.1. The minimum Gasteiger partial charge on any atom is -0.342 e. The molecule has 5 rings (SSSR count). The van der Waals surface area contributed by atoms with Crippen LogP contribution in [0.2, 0.25) is 0 Å². The zero-order valence-corrected chi connectivity index (χ0v) is 17.9. The predicted octanol–water partition coefficient (Wildman–Crippen LogP) is 3.62. The third kappa shape index (κ3) is 3.46. The molecule has 0 saturated carbocycles. The monoisotopic (exact) mass is 441 g/mol. The predicted molar refractivity (Wildman–Crippen MR) is 112 cm³/mol. The van der Waals surface area contributed by atoms with Crippen molar-refractivity contribution in [3.05, 3.63) is 65.0 Å². The average molecular weight is 441 g/mol. The number of carbonyl (C=O) groups excluding carboxylic acids is 2. The summed E-state index contributed by atoms with van der Waals surface area (Å²) in [6.45, 7) is 2.81. The summed E-state index contributed by atoms with van der Waals surface area (Å²) in [5, 5.41) is 0. The van der Waals surface area contributed by atoms with Crippen molar-refractivity contribution in [1.29, 1.82) is 0 Å². The van der Waals surface area contributed by atoms with Crippen LogP contribution in [0.1, 0.15) is 60.3 Å². The molecule has 0 radical (unpaired) electrons. The van der Waals surface area contributed by atoms with Crippen LogP contribution < -0.4 is 0 Å². The number of hydrogen-bond donors (Lipinski definition) is 0. The van der Waals surface area contributed by atoms with Crippen LogP contribution in [-0.2, 0) is 16.0 Å². The molecule has 1 spiro atoms. The van der Waals surface area contributed by atoms with Crippen molar-refractivity contribution in [2.75, 3.05) is 13.1 Å². The van der Waals surface area contributed by atoms with E-state index in [0.29, 0.717) is 50.0 Å². The van der Waals surface area contributed by atoms with Crippen molar-refractivity contribution >= 4 is 11.8 Å². The zero-order chi connectivity index (χ0) is 22.5. The number of benzene rings is 1. The fourth-order valence-electron chi connectivity index (χ4n) is 5.18. The Balaban J connectivity index is 1.30. The van der Waals surface area contributed by atoms with E-state index in [1.165, 1.54) is 12.1 Å². The number of nitrogens with zero attached hydrogens (tertiary/aromatic N) is 3. The van der Waals surface area contributed by atoms with Crippen LogP contribution >= 0.6 is 0 Å². The number of aryl methyl sites for hydroxylation is 1. The van der Waals surface area contributed by atoms with Gasteiger partial charge in [0.2, 0.25) is 0 Å². The molecule has 32 heavy (non-hydrogen) atoms. The topological polar surface area (TPSA) is 62.7 Å². The fourth-order valence-corrected chi connectivity index (χ4v) is 5.18. The molecule has 1 aromatic heterocycles. The van der Waals surface area contributed by atoms with Gasteiger partial charge in [-0.05, 0) is 54.7 Å². The van der Waals surface area contributed by atoms with E-state index in [1.807, 2.05) is 19.1 Å². The Kier molecular flexibility index (Phi) is 5.20. The molecule has 0 aliphatic carbocycles. The third-order valence-electron chi connectivity index (χ3n) is 6.90. The normalized spacial score (nSPS) is 24.3. The highest BCUT2D eigenvalue weighted by molar-refractivity contribution is 5.93. The molecule has 2 aromatic rings. The van der Waals surface area contributed by atoms with Crippen molar-refractivity contribution in [3.8, 4) is 0 Å². The maximum Gasteiger partial charge on any atom is 0.272 e. The first-order valence-electron chi connectivity index (χ1n) is 11.1. The van der Waals surface area contributed by atoms with Crippen LogP contribution in [0.3, 0.4) is 0 Å². The maximum atomic E-state index is 13.8. The quantitative estimate of drug-likeness (QED) is 0.730. The minimum absolute atomic E-state index is 0.144. The number of halogens is 2. The lowest BCUT2D eigenvalue weighted by Gasteiger charge is -2.37. The lowest BCUT2D eigenvalue weighted by Crippen LogP contribution is -2.51. The average Bonchev–Trinajstić information content (AvgIpc) is 3.31. The summed E-state index contributed by atoms with van der Waals surface area (Å²) in [7, 11) is 0. The molecule has 1 aromatic carbocycles. The molecule has 3 aliphatic rings. The Hall–Kier alpha value is -2.87. The number of piperidine rings is 1. The minimum atomic E-state index is -0.981. The molecular formula is C24H25F2N3O3. The molecule has 2 amide bonds. The first-order valence-corrected chi connectivity index (χ1v) is 11.1. The molecule has 8 heteroatoms. The molecule has 2 atom stereocenters. The van der Waals surface area contributed by atoms with Gasteiger partial charge in [-0.3, -0.25) is 14.6 Å². The number of amides is 2. The first-order chi connectivity index (χ1) is 15.4. The van der Waals surface area contributed by atoms with E-state index < -0.39 is 29.5 Å². The maximum absolute atomic E-state index is 13.8. The number of likely N-dealkylation sites (tertiary alicyclic amines) is 1. The highest BCUT2D eigenvalue weighted by Crippen LogP contribution is 2.47. The molecule has 168 valence electrons. The van der Waals surface area contributed by atoms with Gasteiger partial charge < -0.3 is 14.5 Å². The van der Waals surface area contributed by atoms with Crippen molar-refractivity contribution in [1.82, 2.24) is 14.8 Å². The SMILES string of the molecule is CCc1ccnc(C(=O)N2CCC3(CC2)O[C@@H]2CC[C@@H](c4cc(F)cc(F)c4)N2C3=O)c1. The van der Waals surface area contributed by atoms with Crippen LogP contribution in [0.15, 0.2) is 36.5 Å². The first kappa shape index (κ1) is 21.0. The van der Waals surface area contributed by atoms with E-state index in [-0.39, 0.29) is 11.8 Å². The van der Waals surface area contributed by atoms with E-state index in [0.717, 1.165) is 18.1 Å². The van der Waals surface area contributed by atoms with E-state index in [2.05, 4.69) is 4.98 Å². The molecule has 0 unspecified atom stereocenters. The molecule has 3 saturated heterocycles. The van der Waals surface area contributed by atoms with Gasteiger partial charge in [0.1, 0.15) is 23.6 Å². The largest absolute Gasteiger partial charge is 0.342 e. The van der Waals surface area contributed by atoms with Crippen molar-refractivity contribution < 1.29 is 23.1 Å². The van der Waals surface area contributed by atoms with Crippen LogP contribution in [0.25, 0.3) is 0 Å². The van der Waals surface area contributed by atoms with Gasteiger partial charge in [-0.15, -0.1) is 0 Å². The van der Waals surface area contributed by atoms with Crippen LogP contribution in [0, 0.1) is 11.6 Å². The van der Waals surface area contributed by atoms with Gasteiger partial charge in [0.15, 0.2) is 5.60 Å². The molecule has 3 fully saturated rings. The number of hydrogen-bond acceptors (Lipinski definition) is 4. The summed E-state index contributed by atoms with van der Waals surface area (Å²) in [4.78, 5) is 33.9. The van der Waals surface area contributed by atoms with Gasteiger partial charge >= 0.3 is 0 Å². The highest BCUT2D eigenvalue weighted by Gasteiger charge is 2.58. The van der Waals surface area contributed by atoms with Crippen molar-refractivity contribution in [2.24, 2.45) is 0 Å². The second kappa shape index (κ2) is 7.92. The van der Waals surface area contributed by atoms with Gasteiger partial charge in [-0.2, -0.15) is 0 Å². The Bertz CT molecular complexity index is 1050. The smallest absolute Gasteiger partial charge is 0.272 e. The molecule has 0 bridgehead atoms. The summed E-state index contributed by atoms with van der Waals surface area (Å²) in [5.74, 6) is -1.60. The van der Waals surface area contributed by atoms with Gasteiger partial charge in [0, 0.05) is 38.2 Å². The Morgan fingerprint density at radius 2 is 1.88 bits per heavy atom. The summed E-state index contributed by atoms with van der Waals surface area (Å²) >= 11 is 0. The molecule has 0 N–H and O–H groups in total. The van der Waals surface area contributed by atoms with E-state index in [1.54, 1.807) is 16.0 Å². The zero-order valence-electron chi connectivity index (χ0n) is 17.9. The Morgan fingerprint density at radius 3 is 2.56 bits per heavy atom. The number of carbonyl (C=O) groups is 2. The summed E-state index contributed by atoms with van der Waals surface area (Å²) in [5.41, 5.74) is 0.929. The summed E-state index contributed by atoms with van der Waals surface area (Å²) in [6.07, 6.45) is 4.06. The standard InChI is InChI=1S/C24H25F2N3O3/c1-2-15-5-8-27-19(11-15)22(30)28-9-6-24(7-10-28)23(31)29-20(3-4-21(29)32-24)16-12-17(25)14-18(26)13-16/h5,8,11-14,20-21H,2-4,6-7,9-10H2,1H3/t20-,21+/m0/s1. The lowest BCUT2D eigenvalue weighted by atomic mass is 9.89. The van der Waals surface area contributed by atoms with Crippen molar-refractivity contribution in [2.45, 2.75) is 56.9 Å². The fraction of sp³-hybridized carbons (Fsp3) is 0.458. The van der Waals surface area contributed by atoms with Crippen LogP contribution in [0.5, 0.6) is 0 Å². The second-order valence-electron chi connectivity index (χ2n) is 8.77. The summed E-state index contributed by atoms with van der Waals surface area (Å²) < 4.78 is 33.8. The molecule has 4 heterocycles. The van der Waals surface area contributed by atoms with Gasteiger partial charge in [-0.1, -0.05) is 6.92 Å². The van der Waals surface area contributed by atoms with Gasteiger partial charge in [-0.25, -0.2) is 8.78 Å². The Labute approximate surface area is 185 Å². The number of ether oxygens (including phenoxy) is 1. The molecular weight excluding hydrogens is 416 g/mol. The van der Waals surface area contributed by atoms with Crippen LogP contribution in [-0.4, -0.2) is 51.5 Å². The third-order valence-corrected chi connectivity index (χ3v) is 6.90. The van der Waals surface area contributed by atoms with E-state index >= 15 is 0 Å². The van der Waals surface area contributed by atoms with E-state index in [9.17, 15) is 18.4 Å². The number of rotatable bonds is 3. The van der Waals surface area contributed by atoms with Crippen LogP contribution in [0.4, 0.5) is 8.78 Å². The van der Waals surface area contributed by atoms with Gasteiger partial charge in [0.05, 0.1) is 6.04 Å². The van der Waals surface area contributed by atoms with E-state index in [4.69, 9.17) is 4.74 Å². The van der Waals surface area contributed by atoms with Gasteiger partial charge in [0.25, 0.3) is 11.8 Å². The molecule has 3 aliphatic heterocycles. The summed E-state index contributed by atoms with van der Waals surface area (Å²) in [6, 6.07) is 6.69. The second-order valence-corrected chi connectivity index (χ2v) is 8.77. The Morgan fingerprint density at radius 1 is 1.16 bits per heavy atom.